The van der Waals surface area contributed by atoms with Crippen molar-refractivity contribution in [3.8, 4) is 0 Å². The van der Waals surface area contributed by atoms with Gasteiger partial charge in [-0.1, -0.05) is 24.6 Å². The van der Waals surface area contributed by atoms with Crippen LogP contribution in [0.4, 0.5) is 5.69 Å². The second-order valence-corrected chi connectivity index (χ2v) is 5.64. The Morgan fingerprint density at radius 2 is 2.11 bits per heavy atom. The predicted molar refractivity (Wildman–Crippen MR) is 77.2 cm³/mol. The molecule has 0 saturated heterocycles. The lowest BCUT2D eigenvalue weighted by Crippen LogP contribution is -2.45. The molecule has 1 saturated carbocycles. The van der Waals surface area contributed by atoms with Gasteiger partial charge in [-0.05, 0) is 51.2 Å². The number of carbonyl (C=O) groups excluding carboxylic acids is 1. The average molecular weight is 261 g/mol. The number of esters is 1. The third kappa shape index (κ3) is 3.09. The molecular weight excluding hydrogens is 238 g/mol. The number of hydrogen-bond donors (Lipinski definition) is 1. The number of carbonyl (C=O) groups is 1. The standard InChI is InChI=1S/C16H23NO2/c1-4-19-15(18)16(10-9-13(3)11-16)17-14-7-5-12(2)6-8-14/h5-8,13,17H,4,9-11H2,1-3H3. The number of rotatable bonds is 4. The monoisotopic (exact) mass is 261 g/mol. The summed E-state index contributed by atoms with van der Waals surface area (Å²) in [5.74, 6) is 0.447. The van der Waals surface area contributed by atoms with Crippen LogP contribution in [-0.4, -0.2) is 18.1 Å². The van der Waals surface area contributed by atoms with Gasteiger partial charge in [-0.3, -0.25) is 0 Å². The van der Waals surface area contributed by atoms with E-state index in [2.05, 4.69) is 31.3 Å². The highest BCUT2D eigenvalue weighted by Gasteiger charge is 2.45. The normalized spacial score (nSPS) is 26.2. The first kappa shape index (κ1) is 13.9. The third-order valence-corrected chi connectivity index (χ3v) is 3.86. The summed E-state index contributed by atoms with van der Waals surface area (Å²) in [6.07, 6.45) is 2.76. The number of aryl methyl sites for hydroxylation is 1. The van der Waals surface area contributed by atoms with E-state index in [1.54, 1.807) is 0 Å². The van der Waals surface area contributed by atoms with Crippen LogP contribution in [0.1, 0.15) is 38.7 Å². The van der Waals surface area contributed by atoms with Crippen LogP contribution >= 0.6 is 0 Å². The third-order valence-electron chi connectivity index (χ3n) is 3.86. The Bertz CT molecular complexity index is 441. The van der Waals surface area contributed by atoms with Gasteiger partial charge in [0.25, 0.3) is 0 Å². The quantitative estimate of drug-likeness (QED) is 0.843. The van der Waals surface area contributed by atoms with Crippen molar-refractivity contribution in [3.63, 3.8) is 0 Å². The lowest BCUT2D eigenvalue weighted by Gasteiger charge is -2.29. The van der Waals surface area contributed by atoms with Gasteiger partial charge in [0, 0.05) is 5.69 Å². The van der Waals surface area contributed by atoms with E-state index in [9.17, 15) is 4.79 Å². The van der Waals surface area contributed by atoms with Crippen LogP contribution in [0.2, 0.25) is 0 Å². The van der Waals surface area contributed by atoms with Crippen molar-refractivity contribution in [2.45, 2.75) is 45.6 Å². The van der Waals surface area contributed by atoms with Gasteiger partial charge in [-0.2, -0.15) is 0 Å². The molecular formula is C16H23NO2. The smallest absolute Gasteiger partial charge is 0.331 e. The minimum atomic E-state index is -0.537. The van der Waals surface area contributed by atoms with Gasteiger partial charge in [0.1, 0.15) is 5.54 Å². The van der Waals surface area contributed by atoms with E-state index in [1.165, 1.54) is 5.56 Å². The molecule has 0 radical (unpaired) electrons. The average Bonchev–Trinajstić information content (AvgIpc) is 2.75. The van der Waals surface area contributed by atoms with Gasteiger partial charge in [0.15, 0.2) is 0 Å². The Kier molecular flexibility index (Phi) is 4.13. The van der Waals surface area contributed by atoms with Crippen molar-refractivity contribution < 1.29 is 9.53 Å². The van der Waals surface area contributed by atoms with Crippen LogP contribution in [0.5, 0.6) is 0 Å². The van der Waals surface area contributed by atoms with E-state index >= 15 is 0 Å². The number of hydrogen-bond acceptors (Lipinski definition) is 3. The Morgan fingerprint density at radius 1 is 1.42 bits per heavy atom. The maximum atomic E-state index is 12.3. The summed E-state index contributed by atoms with van der Waals surface area (Å²) in [6.45, 7) is 6.54. The summed E-state index contributed by atoms with van der Waals surface area (Å²) in [5, 5.41) is 3.42. The molecule has 0 amide bonds. The second kappa shape index (κ2) is 5.64. The molecule has 0 aliphatic heterocycles. The van der Waals surface area contributed by atoms with Gasteiger partial charge < -0.3 is 10.1 Å². The molecule has 2 unspecified atom stereocenters. The molecule has 0 aromatic heterocycles. The first-order valence-corrected chi connectivity index (χ1v) is 7.08. The summed E-state index contributed by atoms with van der Waals surface area (Å²) in [4.78, 5) is 12.3. The van der Waals surface area contributed by atoms with E-state index in [-0.39, 0.29) is 5.97 Å². The minimum Gasteiger partial charge on any atom is -0.464 e. The van der Waals surface area contributed by atoms with E-state index in [1.807, 2.05) is 19.1 Å². The highest BCUT2D eigenvalue weighted by molar-refractivity contribution is 5.85. The zero-order valence-corrected chi connectivity index (χ0v) is 12.0. The highest BCUT2D eigenvalue weighted by Crippen LogP contribution is 2.38. The number of nitrogens with one attached hydrogen (secondary N) is 1. The highest BCUT2D eigenvalue weighted by atomic mass is 16.5. The van der Waals surface area contributed by atoms with Crippen LogP contribution in [0, 0.1) is 12.8 Å². The van der Waals surface area contributed by atoms with Gasteiger partial charge in [-0.25, -0.2) is 4.79 Å². The second-order valence-electron chi connectivity index (χ2n) is 5.64. The molecule has 1 fully saturated rings. The zero-order valence-electron chi connectivity index (χ0n) is 12.0. The summed E-state index contributed by atoms with van der Waals surface area (Å²) in [6, 6.07) is 8.16. The molecule has 1 aromatic carbocycles. The Morgan fingerprint density at radius 3 is 2.63 bits per heavy atom. The summed E-state index contributed by atoms with van der Waals surface area (Å²) in [7, 11) is 0. The molecule has 3 nitrogen and oxygen atoms in total. The van der Waals surface area contributed by atoms with Gasteiger partial charge in [0.2, 0.25) is 0 Å². The summed E-state index contributed by atoms with van der Waals surface area (Å²) < 4.78 is 5.27. The Balaban J connectivity index is 2.19. The van der Waals surface area contributed by atoms with Crippen molar-refractivity contribution in [1.29, 1.82) is 0 Å². The maximum absolute atomic E-state index is 12.3. The molecule has 2 rings (SSSR count). The SMILES string of the molecule is CCOC(=O)C1(Nc2ccc(C)cc2)CCC(C)C1. The topological polar surface area (TPSA) is 38.3 Å². The molecule has 1 aliphatic carbocycles. The van der Waals surface area contributed by atoms with Crippen LogP contribution < -0.4 is 5.32 Å². The Labute approximate surface area is 115 Å². The molecule has 0 spiro atoms. The lowest BCUT2D eigenvalue weighted by atomic mass is 9.95. The van der Waals surface area contributed by atoms with Crippen LogP contribution in [-0.2, 0) is 9.53 Å². The summed E-state index contributed by atoms with van der Waals surface area (Å²) >= 11 is 0. The molecule has 19 heavy (non-hydrogen) atoms. The fourth-order valence-electron chi connectivity index (χ4n) is 2.82. The van der Waals surface area contributed by atoms with E-state index < -0.39 is 5.54 Å². The van der Waals surface area contributed by atoms with Gasteiger partial charge >= 0.3 is 5.97 Å². The zero-order chi connectivity index (χ0) is 13.9. The molecule has 104 valence electrons. The van der Waals surface area contributed by atoms with Crippen LogP contribution in [0.15, 0.2) is 24.3 Å². The van der Waals surface area contributed by atoms with E-state index in [0.717, 1.165) is 24.9 Å². The van der Waals surface area contributed by atoms with Crippen molar-refractivity contribution in [2.24, 2.45) is 5.92 Å². The van der Waals surface area contributed by atoms with E-state index in [4.69, 9.17) is 4.74 Å². The fraction of sp³-hybridized carbons (Fsp3) is 0.562. The maximum Gasteiger partial charge on any atom is 0.331 e. The molecule has 1 aliphatic rings. The van der Waals surface area contributed by atoms with Crippen molar-refractivity contribution >= 4 is 11.7 Å². The largest absolute Gasteiger partial charge is 0.464 e. The first-order chi connectivity index (χ1) is 9.05. The van der Waals surface area contributed by atoms with Crippen LogP contribution in [0.25, 0.3) is 0 Å². The number of anilines is 1. The minimum absolute atomic E-state index is 0.111. The van der Waals surface area contributed by atoms with Crippen molar-refractivity contribution in [3.05, 3.63) is 29.8 Å². The number of benzene rings is 1. The van der Waals surface area contributed by atoms with Crippen molar-refractivity contribution in [1.82, 2.24) is 0 Å². The van der Waals surface area contributed by atoms with Crippen molar-refractivity contribution in [2.75, 3.05) is 11.9 Å². The van der Waals surface area contributed by atoms with Gasteiger partial charge in [-0.15, -0.1) is 0 Å². The summed E-state index contributed by atoms with van der Waals surface area (Å²) in [5.41, 5.74) is 1.67. The molecule has 0 bridgehead atoms. The molecule has 0 heterocycles. The number of ether oxygens (including phenoxy) is 1. The van der Waals surface area contributed by atoms with Gasteiger partial charge in [0.05, 0.1) is 6.61 Å². The lowest BCUT2D eigenvalue weighted by molar-refractivity contribution is -0.148. The molecule has 2 atom stereocenters. The first-order valence-electron chi connectivity index (χ1n) is 7.08. The molecule has 1 N–H and O–H groups in total. The predicted octanol–water partition coefficient (Wildman–Crippen LogP) is 3.53. The van der Waals surface area contributed by atoms with E-state index in [0.29, 0.717) is 12.5 Å². The molecule has 3 heteroatoms. The Hall–Kier alpha value is -1.51. The van der Waals surface area contributed by atoms with Crippen LogP contribution in [0.3, 0.4) is 0 Å². The molecule has 1 aromatic rings. The fourth-order valence-corrected chi connectivity index (χ4v) is 2.82.